The number of amides is 2. The molecule has 1 saturated heterocycles. The standard InChI is InChI=1S/C18H17ClN2O5S/c1-26-15-10-9-14(21-17(22)3-2-4-18(21)23)11-16(15)27(24,25)20-13-7-5-12(19)6-8-13/h5-11,20H,2-4H2,1H3. The first-order chi connectivity index (χ1) is 12.8. The Bertz CT molecular complexity index is 973. The molecule has 2 aromatic carbocycles. The van der Waals surface area contributed by atoms with Crippen LogP contribution in [0.25, 0.3) is 0 Å². The number of carbonyl (C=O) groups is 2. The van der Waals surface area contributed by atoms with Crippen LogP contribution in [0.5, 0.6) is 5.75 Å². The van der Waals surface area contributed by atoms with Crippen molar-refractivity contribution in [3.8, 4) is 5.75 Å². The van der Waals surface area contributed by atoms with Gasteiger partial charge in [0, 0.05) is 23.6 Å². The molecule has 1 N–H and O–H groups in total. The zero-order chi connectivity index (χ0) is 19.6. The third kappa shape index (κ3) is 4.06. The van der Waals surface area contributed by atoms with Crippen molar-refractivity contribution in [2.75, 3.05) is 16.7 Å². The number of sulfonamides is 1. The predicted octanol–water partition coefficient (Wildman–Crippen LogP) is 3.19. The molecule has 1 fully saturated rings. The molecule has 0 bridgehead atoms. The van der Waals surface area contributed by atoms with E-state index in [0.717, 1.165) is 4.90 Å². The summed E-state index contributed by atoms with van der Waals surface area (Å²) >= 11 is 5.82. The maximum absolute atomic E-state index is 12.9. The van der Waals surface area contributed by atoms with Crippen LogP contribution in [0.15, 0.2) is 47.4 Å². The number of piperidine rings is 1. The minimum atomic E-state index is -4.03. The van der Waals surface area contributed by atoms with Crippen LogP contribution in [-0.2, 0) is 19.6 Å². The van der Waals surface area contributed by atoms with Crippen molar-refractivity contribution in [2.45, 2.75) is 24.2 Å². The summed E-state index contributed by atoms with van der Waals surface area (Å²) in [5, 5.41) is 0.472. The van der Waals surface area contributed by atoms with E-state index in [1.807, 2.05) is 0 Å². The topological polar surface area (TPSA) is 92.8 Å². The molecule has 0 radical (unpaired) electrons. The molecule has 0 aromatic heterocycles. The van der Waals surface area contributed by atoms with Gasteiger partial charge < -0.3 is 4.74 Å². The number of imide groups is 1. The number of halogens is 1. The van der Waals surface area contributed by atoms with Crippen LogP contribution < -0.4 is 14.4 Å². The van der Waals surface area contributed by atoms with Gasteiger partial charge >= 0.3 is 0 Å². The number of nitrogens with zero attached hydrogens (tertiary/aromatic N) is 1. The van der Waals surface area contributed by atoms with Crippen molar-refractivity contribution < 1.29 is 22.7 Å². The summed E-state index contributed by atoms with van der Waals surface area (Å²) in [4.78, 5) is 25.1. The summed E-state index contributed by atoms with van der Waals surface area (Å²) in [5.41, 5.74) is 0.513. The zero-order valence-electron chi connectivity index (χ0n) is 14.4. The quantitative estimate of drug-likeness (QED) is 0.767. The molecule has 0 unspecified atom stereocenters. The maximum Gasteiger partial charge on any atom is 0.265 e. The number of carbonyl (C=O) groups excluding carboxylic acids is 2. The minimum Gasteiger partial charge on any atom is -0.495 e. The van der Waals surface area contributed by atoms with Crippen molar-refractivity contribution in [3.63, 3.8) is 0 Å². The number of hydrogen-bond acceptors (Lipinski definition) is 5. The third-order valence-electron chi connectivity index (χ3n) is 4.07. The highest BCUT2D eigenvalue weighted by molar-refractivity contribution is 7.92. The minimum absolute atomic E-state index is 0.0946. The van der Waals surface area contributed by atoms with Gasteiger partial charge in [0.25, 0.3) is 10.0 Å². The molecule has 0 saturated carbocycles. The second kappa shape index (κ2) is 7.58. The van der Waals surface area contributed by atoms with E-state index in [-0.39, 0.29) is 41.0 Å². The van der Waals surface area contributed by atoms with E-state index < -0.39 is 10.0 Å². The molecule has 1 heterocycles. The molecule has 0 atom stereocenters. The molecule has 1 aliphatic heterocycles. The lowest BCUT2D eigenvalue weighted by Crippen LogP contribution is -2.40. The molecule has 0 aliphatic carbocycles. The summed E-state index contributed by atoms with van der Waals surface area (Å²) in [7, 11) is -2.69. The fourth-order valence-electron chi connectivity index (χ4n) is 2.78. The van der Waals surface area contributed by atoms with E-state index in [0.29, 0.717) is 17.1 Å². The smallest absolute Gasteiger partial charge is 0.265 e. The van der Waals surface area contributed by atoms with Crippen molar-refractivity contribution >= 4 is 44.8 Å². The Kier molecular flexibility index (Phi) is 5.38. The van der Waals surface area contributed by atoms with Crippen molar-refractivity contribution in [1.82, 2.24) is 0 Å². The molecule has 27 heavy (non-hydrogen) atoms. The van der Waals surface area contributed by atoms with Crippen LogP contribution in [0.3, 0.4) is 0 Å². The van der Waals surface area contributed by atoms with Gasteiger partial charge in [-0.05, 0) is 48.9 Å². The second-order valence-corrected chi connectivity index (χ2v) is 8.01. The Labute approximate surface area is 161 Å². The van der Waals surface area contributed by atoms with E-state index >= 15 is 0 Å². The van der Waals surface area contributed by atoms with Crippen LogP contribution in [0, 0.1) is 0 Å². The van der Waals surface area contributed by atoms with Gasteiger partial charge in [-0.25, -0.2) is 8.42 Å². The lowest BCUT2D eigenvalue weighted by molar-refractivity contribution is -0.129. The van der Waals surface area contributed by atoms with Gasteiger partial charge in [0.05, 0.1) is 12.8 Å². The lowest BCUT2D eigenvalue weighted by Gasteiger charge is -2.25. The number of nitrogens with one attached hydrogen (secondary N) is 1. The van der Waals surface area contributed by atoms with Crippen LogP contribution in [0.1, 0.15) is 19.3 Å². The number of methoxy groups -OCH3 is 1. The van der Waals surface area contributed by atoms with Gasteiger partial charge in [0.2, 0.25) is 11.8 Å². The fraction of sp³-hybridized carbons (Fsp3) is 0.222. The summed E-state index contributed by atoms with van der Waals surface area (Å²) in [6.07, 6.45) is 0.972. The van der Waals surface area contributed by atoms with Gasteiger partial charge in [-0.2, -0.15) is 0 Å². The Morgan fingerprint density at radius 2 is 1.67 bits per heavy atom. The summed E-state index contributed by atoms with van der Waals surface area (Å²) in [6.45, 7) is 0. The number of hydrogen-bond donors (Lipinski definition) is 1. The summed E-state index contributed by atoms with van der Waals surface area (Å²) in [5.74, 6) is -0.618. The Balaban J connectivity index is 2.01. The van der Waals surface area contributed by atoms with E-state index in [1.54, 1.807) is 12.1 Å². The average molecular weight is 409 g/mol. The van der Waals surface area contributed by atoms with Gasteiger partial charge in [0.1, 0.15) is 10.6 Å². The van der Waals surface area contributed by atoms with Crippen molar-refractivity contribution in [2.24, 2.45) is 0 Å². The highest BCUT2D eigenvalue weighted by Gasteiger charge is 2.29. The monoisotopic (exact) mass is 408 g/mol. The zero-order valence-corrected chi connectivity index (χ0v) is 16.0. The first kappa shape index (κ1) is 19.2. The van der Waals surface area contributed by atoms with Crippen molar-refractivity contribution in [3.05, 3.63) is 47.5 Å². The highest BCUT2D eigenvalue weighted by Crippen LogP contribution is 2.32. The molecule has 2 aromatic rings. The van der Waals surface area contributed by atoms with Crippen LogP contribution in [0.4, 0.5) is 11.4 Å². The highest BCUT2D eigenvalue weighted by atomic mass is 35.5. The van der Waals surface area contributed by atoms with E-state index in [9.17, 15) is 18.0 Å². The normalized spacial score (nSPS) is 15.0. The predicted molar refractivity (Wildman–Crippen MR) is 102 cm³/mol. The van der Waals surface area contributed by atoms with Crippen LogP contribution >= 0.6 is 11.6 Å². The number of anilines is 2. The van der Waals surface area contributed by atoms with Gasteiger partial charge in [-0.1, -0.05) is 11.6 Å². The Morgan fingerprint density at radius 3 is 2.26 bits per heavy atom. The average Bonchev–Trinajstić information content (AvgIpc) is 2.63. The molecule has 1 aliphatic rings. The van der Waals surface area contributed by atoms with E-state index in [4.69, 9.17) is 16.3 Å². The molecule has 0 spiro atoms. The molecule has 7 nitrogen and oxygen atoms in total. The largest absolute Gasteiger partial charge is 0.495 e. The summed E-state index contributed by atoms with van der Waals surface area (Å²) in [6, 6.07) is 10.3. The van der Waals surface area contributed by atoms with E-state index in [1.165, 1.54) is 37.4 Å². The fourth-order valence-corrected chi connectivity index (χ4v) is 4.16. The van der Waals surface area contributed by atoms with Gasteiger partial charge in [-0.3, -0.25) is 19.2 Å². The van der Waals surface area contributed by atoms with Crippen LogP contribution in [0.2, 0.25) is 5.02 Å². The molecule has 3 rings (SSSR count). The van der Waals surface area contributed by atoms with Gasteiger partial charge in [0.15, 0.2) is 0 Å². The molecular formula is C18H17ClN2O5S. The second-order valence-electron chi connectivity index (χ2n) is 5.92. The lowest BCUT2D eigenvalue weighted by atomic mass is 10.1. The number of benzene rings is 2. The maximum atomic E-state index is 12.9. The number of ether oxygens (including phenoxy) is 1. The van der Waals surface area contributed by atoms with Gasteiger partial charge in [-0.15, -0.1) is 0 Å². The third-order valence-corrected chi connectivity index (χ3v) is 5.73. The molecule has 142 valence electrons. The number of rotatable bonds is 5. The molecule has 2 amide bonds. The van der Waals surface area contributed by atoms with E-state index in [2.05, 4.69) is 4.72 Å². The van der Waals surface area contributed by atoms with Crippen LogP contribution in [-0.4, -0.2) is 27.3 Å². The SMILES string of the molecule is COc1ccc(N2C(=O)CCCC2=O)cc1S(=O)(=O)Nc1ccc(Cl)cc1. The first-order valence-electron chi connectivity index (χ1n) is 8.14. The summed E-state index contributed by atoms with van der Waals surface area (Å²) < 4.78 is 33.3. The molecule has 9 heteroatoms. The Hall–Kier alpha value is -2.58. The first-order valence-corrected chi connectivity index (χ1v) is 10.00. The van der Waals surface area contributed by atoms with Crippen molar-refractivity contribution in [1.29, 1.82) is 0 Å². The Morgan fingerprint density at radius 1 is 1.04 bits per heavy atom. The molecular weight excluding hydrogens is 392 g/mol.